The largest absolute Gasteiger partial charge is 0.496 e. The van der Waals surface area contributed by atoms with E-state index >= 15 is 0 Å². The summed E-state index contributed by atoms with van der Waals surface area (Å²) in [6, 6.07) is 7.24. The van der Waals surface area contributed by atoms with Crippen molar-refractivity contribution in [2.75, 3.05) is 12.4 Å². The van der Waals surface area contributed by atoms with Gasteiger partial charge in [-0.2, -0.15) is 0 Å². The molecule has 0 aliphatic heterocycles. The minimum absolute atomic E-state index is 0.200. The monoisotopic (exact) mass is 283 g/mol. The van der Waals surface area contributed by atoms with Crippen molar-refractivity contribution in [2.45, 2.75) is 6.54 Å². The SMILES string of the molecule is COc1cccc(Cl)c1CNc1ccnc(Cl)n1. The molecule has 0 spiro atoms. The Hall–Kier alpha value is -1.52. The molecule has 0 atom stereocenters. The second-order valence-electron chi connectivity index (χ2n) is 3.49. The van der Waals surface area contributed by atoms with Crippen LogP contribution in [0.3, 0.4) is 0 Å². The van der Waals surface area contributed by atoms with Crippen molar-refractivity contribution in [1.29, 1.82) is 0 Å². The van der Waals surface area contributed by atoms with Gasteiger partial charge in [-0.3, -0.25) is 0 Å². The molecule has 0 aliphatic rings. The molecule has 0 aliphatic carbocycles. The molecule has 0 amide bonds. The summed E-state index contributed by atoms with van der Waals surface area (Å²) in [7, 11) is 1.61. The van der Waals surface area contributed by atoms with E-state index in [1.807, 2.05) is 18.2 Å². The number of aromatic nitrogens is 2. The zero-order chi connectivity index (χ0) is 13.0. The Morgan fingerprint density at radius 3 is 2.83 bits per heavy atom. The van der Waals surface area contributed by atoms with Gasteiger partial charge in [0.05, 0.1) is 7.11 Å². The number of ether oxygens (including phenoxy) is 1. The smallest absolute Gasteiger partial charge is 0.224 e. The van der Waals surface area contributed by atoms with E-state index in [-0.39, 0.29) is 5.28 Å². The molecule has 1 aromatic heterocycles. The normalized spacial score (nSPS) is 10.2. The lowest BCUT2D eigenvalue weighted by Crippen LogP contribution is -2.04. The summed E-state index contributed by atoms with van der Waals surface area (Å²) in [6.45, 7) is 0.496. The summed E-state index contributed by atoms with van der Waals surface area (Å²) in [5.41, 5.74) is 0.872. The summed E-state index contributed by atoms with van der Waals surface area (Å²) in [4.78, 5) is 7.84. The molecule has 4 nitrogen and oxygen atoms in total. The number of anilines is 1. The molecule has 94 valence electrons. The molecule has 0 bridgehead atoms. The first-order valence-corrected chi connectivity index (χ1v) is 6.00. The van der Waals surface area contributed by atoms with E-state index in [2.05, 4.69) is 15.3 Å². The molecular weight excluding hydrogens is 273 g/mol. The lowest BCUT2D eigenvalue weighted by molar-refractivity contribution is 0.410. The van der Waals surface area contributed by atoms with E-state index in [9.17, 15) is 0 Å². The van der Waals surface area contributed by atoms with Crippen LogP contribution >= 0.6 is 23.2 Å². The number of halogens is 2. The maximum absolute atomic E-state index is 6.13. The van der Waals surface area contributed by atoms with E-state index in [1.54, 1.807) is 19.4 Å². The van der Waals surface area contributed by atoms with Gasteiger partial charge in [0.1, 0.15) is 11.6 Å². The number of hydrogen-bond donors (Lipinski definition) is 1. The highest BCUT2D eigenvalue weighted by Crippen LogP contribution is 2.26. The van der Waals surface area contributed by atoms with Gasteiger partial charge >= 0.3 is 0 Å². The van der Waals surface area contributed by atoms with Gasteiger partial charge in [0.2, 0.25) is 5.28 Å². The molecule has 0 saturated carbocycles. The summed E-state index contributed by atoms with van der Waals surface area (Å²) < 4.78 is 5.26. The summed E-state index contributed by atoms with van der Waals surface area (Å²) in [5, 5.41) is 3.96. The van der Waals surface area contributed by atoms with Crippen molar-refractivity contribution in [1.82, 2.24) is 9.97 Å². The van der Waals surface area contributed by atoms with Gasteiger partial charge < -0.3 is 10.1 Å². The predicted molar refractivity (Wildman–Crippen MR) is 72.4 cm³/mol. The van der Waals surface area contributed by atoms with Crippen LogP contribution in [0.1, 0.15) is 5.56 Å². The first-order chi connectivity index (χ1) is 8.70. The predicted octanol–water partition coefficient (Wildman–Crippen LogP) is 3.40. The maximum Gasteiger partial charge on any atom is 0.224 e. The van der Waals surface area contributed by atoms with Gasteiger partial charge in [-0.1, -0.05) is 17.7 Å². The van der Waals surface area contributed by atoms with Crippen LogP contribution in [0, 0.1) is 0 Å². The van der Waals surface area contributed by atoms with E-state index in [0.717, 1.165) is 11.3 Å². The van der Waals surface area contributed by atoms with Crippen molar-refractivity contribution in [2.24, 2.45) is 0 Å². The summed E-state index contributed by atoms with van der Waals surface area (Å²) in [6.07, 6.45) is 1.58. The van der Waals surface area contributed by atoms with Crippen LogP contribution in [-0.4, -0.2) is 17.1 Å². The second-order valence-corrected chi connectivity index (χ2v) is 4.23. The molecule has 0 fully saturated rings. The zero-order valence-corrected chi connectivity index (χ0v) is 11.2. The first kappa shape index (κ1) is 12.9. The number of methoxy groups -OCH3 is 1. The fourth-order valence-electron chi connectivity index (χ4n) is 1.51. The number of benzene rings is 1. The first-order valence-electron chi connectivity index (χ1n) is 5.24. The molecule has 1 aromatic carbocycles. The van der Waals surface area contributed by atoms with Gasteiger partial charge in [0, 0.05) is 23.3 Å². The van der Waals surface area contributed by atoms with Crippen molar-refractivity contribution in [3.8, 4) is 5.75 Å². The molecule has 1 N–H and O–H groups in total. The van der Waals surface area contributed by atoms with Gasteiger partial charge in [0.25, 0.3) is 0 Å². The van der Waals surface area contributed by atoms with Crippen LogP contribution in [0.15, 0.2) is 30.5 Å². The fraction of sp³-hybridized carbons (Fsp3) is 0.167. The average molecular weight is 284 g/mol. The molecule has 1 heterocycles. The Kier molecular flexibility index (Phi) is 4.23. The Bertz CT molecular complexity index is 549. The minimum Gasteiger partial charge on any atom is -0.496 e. The highest BCUT2D eigenvalue weighted by molar-refractivity contribution is 6.31. The van der Waals surface area contributed by atoms with Crippen molar-refractivity contribution in [3.63, 3.8) is 0 Å². The Balaban J connectivity index is 2.15. The molecular formula is C12H11Cl2N3O. The fourth-order valence-corrected chi connectivity index (χ4v) is 1.89. The highest BCUT2D eigenvalue weighted by atomic mass is 35.5. The topological polar surface area (TPSA) is 47.0 Å². The van der Waals surface area contributed by atoms with Gasteiger partial charge in [-0.05, 0) is 29.8 Å². The van der Waals surface area contributed by atoms with Gasteiger partial charge in [0.15, 0.2) is 0 Å². The van der Waals surface area contributed by atoms with Gasteiger partial charge in [-0.15, -0.1) is 0 Å². The molecule has 2 rings (SSSR count). The molecule has 0 radical (unpaired) electrons. The molecule has 0 saturated heterocycles. The highest BCUT2D eigenvalue weighted by Gasteiger charge is 2.07. The van der Waals surface area contributed by atoms with E-state index in [1.165, 1.54) is 0 Å². The molecule has 18 heavy (non-hydrogen) atoms. The molecule has 0 unspecified atom stereocenters. The summed E-state index contributed by atoms with van der Waals surface area (Å²) >= 11 is 11.8. The zero-order valence-electron chi connectivity index (χ0n) is 9.65. The third kappa shape index (κ3) is 3.03. The summed E-state index contributed by atoms with van der Waals surface area (Å²) in [5.74, 6) is 1.37. The second kappa shape index (κ2) is 5.89. The standard InChI is InChI=1S/C12H11Cl2N3O/c1-18-10-4-2-3-9(13)8(10)7-16-11-5-6-15-12(14)17-11/h2-6H,7H2,1H3,(H,15,16,17). The number of hydrogen-bond acceptors (Lipinski definition) is 4. The van der Waals surface area contributed by atoms with Crippen LogP contribution < -0.4 is 10.1 Å². The number of rotatable bonds is 4. The minimum atomic E-state index is 0.200. The quantitative estimate of drug-likeness (QED) is 0.874. The van der Waals surface area contributed by atoms with Crippen molar-refractivity contribution in [3.05, 3.63) is 46.3 Å². The van der Waals surface area contributed by atoms with E-state index < -0.39 is 0 Å². The third-order valence-electron chi connectivity index (χ3n) is 2.37. The number of nitrogens with one attached hydrogen (secondary N) is 1. The Morgan fingerprint density at radius 2 is 2.11 bits per heavy atom. The molecule has 2 aromatic rings. The lowest BCUT2D eigenvalue weighted by Gasteiger charge is -2.11. The van der Waals surface area contributed by atoms with Crippen LogP contribution in [0.25, 0.3) is 0 Å². The number of nitrogens with zero attached hydrogens (tertiary/aromatic N) is 2. The van der Waals surface area contributed by atoms with E-state index in [4.69, 9.17) is 27.9 Å². The van der Waals surface area contributed by atoms with Crippen molar-refractivity contribution < 1.29 is 4.74 Å². The van der Waals surface area contributed by atoms with Crippen LogP contribution in [0.5, 0.6) is 5.75 Å². The maximum atomic E-state index is 6.13. The average Bonchev–Trinajstić information content (AvgIpc) is 2.37. The van der Waals surface area contributed by atoms with Crippen LogP contribution in [-0.2, 0) is 6.54 Å². The lowest BCUT2D eigenvalue weighted by atomic mass is 10.2. The van der Waals surface area contributed by atoms with Crippen LogP contribution in [0.2, 0.25) is 10.3 Å². The molecule has 6 heteroatoms. The Labute approximate surface area is 115 Å². The van der Waals surface area contributed by atoms with Gasteiger partial charge in [-0.25, -0.2) is 9.97 Å². The van der Waals surface area contributed by atoms with E-state index in [0.29, 0.717) is 17.4 Å². The van der Waals surface area contributed by atoms with Crippen molar-refractivity contribution >= 4 is 29.0 Å². The Morgan fingerprint density at radius 1 is 1.28 bits per heavy atom. The van der Waals surface area contributed by atoms with Crippen LogP contribution in [0.4, 0.5) is 5.82 Å². The third-order valence-corrected chi connectivity index (χ3v) is 2.90.